The molecule has 1 heterocycles. The van der Waals surface area contributed by atoms with Gasteiger partial charge in [-0.15, -0.1) is 0 Å². The number of nitrogens with one attached hydrogen (secondary N) is 1. The first-order valence-corrected chi connectivity index (χ1v) is 7.83. The zero-order valence-electron chi connectivity index (χ0n) is 10.1. The summed E-state index contributed by atoms with van der Waals surface area (Å²) in [4.78, 5) is 0. The minimum Gasteiger partial charge on any atom is -0.492 e. The summed E-state index contributed by atoms with van der Waals surface area (Å²) in [5.74, 6) is 0.436. The van der Waals surface area contributed by atoms with E-state index in [9.17, 15) is 12.8 Å². The molecule has 4 nitrogen and oxygen atoms in total. The highest BCUT2D eigenvalue weighted by Crippen LogP contribution is 2.28. The van der Waals surface area contributed by atoms with Crippen molar-refractivity contribution >= 4 is 27.0 Å². The molecule has 1 aromatic carbocycles. The quantitative estimate of drug-likeness (QED) is 0.923. The standard InChI is InChI=1S/C12H12FNO3S2/c1-2-17-10-6-4-3-5-9(10)14-19(15,16)12-8-7-11(13)18-12/h3-8,14H,2H2,1H3. The van der Waals surface area contributed by atoms with Crippen LogP contribution in [0.1, 0.15) is 6.92 Å². The van der Waals surface area contributed by atoms with Crippen LogP contribution in [0.4, 0.5) is 10.1 Å². The third kappa shape index (κ3) is 3.24. The molecule has 0 saturated carbocycles. The molecular weight excluding hydrogens is 289 g/mol. The average molecular weight is 301 g/mol. The van der Waals surface area contributed by atoms with Crippen LogP contribution >= 0.6 is 11.3 Å². The first kappa shape index (κ1) is 13.8. The summed E-state index contributed by atoms with van der Waals surface area (Å²) in [5, 5.41) is -0.543. The van der Waals surface area contributed by atoms with Gasteiger partial charge in [0.1, 0.15) is 9.96 Å². The van der Waals surface area contributed by atoms with Crippen molar-refractivity contribution in [2.24, 2.45) is 0 Å². The second-order valence-electron chi connectivity index (χ2n) is 3.59. The second kappa shape index (κ2) is 5.58. The molecule has 19 heavy (non-hydrogen) atoms. The molecule has 102 valence electrons. The molecule has 0 fully saturated rings. The highest BCUT2D eigenvalue weighted by Gasteiger charge is 2.18. The smallest absolute Gasteiger partial charge is 0.271 e. The largest absolute Gasteiger partial charge is 0.492 e. The molecule has 0 radical (unpaired) electrons. The van der Waals surface area contributed by atoms with E-state index in [4.69, 9.17) is 4.74 Å². The Bertz CT molecular complexity index is 667. The number of thiophene rings is 1. The Morgan fingerprint density at radius 1 is 1.26 bits per heavy atom. The molecule has 2 rings (SSSR count). The van der Waals surface area contributed by atoms with E-state index < -0.39 is 15.2 Å². The summed E-state index contributed by atoms with van der Waals surface area (Å²) in [5.41, 5.74) is 0.332. The fourth-order valence-corrected chi connectivity index (χ4v) is 3.54. The van der Waals surface area contributed by atoms with Crippen molar-refractivity contribution in [2.45, 2.75) is 11.1 Å². The van der Waals surface area contributed by atoms with Gasteiger partial charge in [0.25, 0.3) is 10.0 Å². The summed E-state index contributed by atoms with van der Waals surface area (Å²) in [6.07, 6.45) is 0. The Morgan fingerprint density at radius 3 is 2.63 bits per heavy atom. The van der Waals surface area contributed by atoms with Gasteiger partial charge in [-0.3, -0.25) is 4.72 Å². The average Bonchev–Trinajstić information content (AvgIpc) is 2.79. The molecule has 0 bridgehead atoms. The van der Waals surface area contributed by atoms with Crippen LogP contribution in [-0.2, 0) is 10.0 Å². The predicted octanol–water partition coefficient (Wildman–Crippen LogP) is 3.09. The lowest BCUT2D eigenvalue weighted by Gasteiger charge is -2.11. The summed E-state index contributed by atoms with van der Waals surface area (Å²) in [6, 6.07) is 9.03. The number of ether oxygens (including phenoxy) is 1. The fraction of sp³-hybridized carbons (Fsp3) is 0.167. The van der Waals surface area contributed by atoms with Crippen LogP contribution in [0.2, 0.25) is 0 Å². The van der Waals surface area contributed by atoms with E-state index in [1.807, 2.05) is 0 Å². The Hall–Kier alpha value is -1.60. The van der Waals surface area contributed by atoms with Crippen molar-refractivity contribution in [1.82, 2.24) is 0 Å². The summed E-state index contributed by atoms with van der Waals surface area (Å²) in [6.45, 7) is 2.23. The highest BCUT2D eigenvalue weighted by molar-refractivity contribution is 7.94. The molecular formula is C12H12FNO3S2. The van der Waals surface area contributed by atoms with Gasteiger partial charge in [0.15, 0.2) is 5.13 Å². The van der Waals surface area contributed by atoms with E-state index >= 15 is 0 Å². The first-order valence-electron chi connectivity index (χ1n) is 5.53. The van der Waals surface area contributed by atoms with Crippen LogP contribution in [0, 0.1) is 5.13 Å². The third-order valence-corrected chi connectivity index (χ3v) is 4.98. The van der Waals surface area contributed by atoms with Crippen LogP contribution in [0.25, 0.3) is 0 Å². The van der Waals surface area contributed by atoms with Gasteiger partial charge in [-0.05, 0) is 31.2 Å². The molecule has 0 amide bonds. The van der Waals surface area contributed by atoms with Crippen LogP contribution in [0.15, 0.2) is 40.6 Å². The Kier molecular flexibility index (Phi) is 4.06. The fourth-order valence-electron chi connectivity index (χ4n) is 1.47. The van der Waals surface area contributed by atoms with Crippen LogP contribution in [0.5, 0.6) is 5.75 Å². The Balaban J connectivity index is 2.30. The number of halogens is 1. The van der Waals surface area contributed by atoms with Crippen LogP contribution in [0.3, 0.4) is 0 Å². The molecule has 2 aromatic rings. The minimum absolute atomic E-state index is 0.0729. The topological polar surface area (TPSA) is 55.4 Å². The van der Waals surface area contributed by atoms with Crippen molar-refractivity contribution in [2.75, 3.05) is 11.3 Å². The van der Waals surface area contributed by atoms with Crippen LogP contribution in [-0.4, -0.2) is 15.0 Å². The predicted molar refractivity (Wildman–Crippen MR) is 72.7 cm³/mol. The SMILES string of the molecule is CCOc1ccccc1NS(=O)(=O)c1ccc(F)s1. The van der Waals surface area contributed by atoms with Crippen molar-refractivity contribution < 1.29 is 17.5 Å². The van der Waals surface area contributed by atoms with Gasteiger partial charge in [-0.1, -0.05) is 23.5 Å². The van der Waals surface area contributed by atoms with E-state index in [2.05, 4.69) is 4.72 Å². The van der Waals surface area contributed by atoms with Gasteiger partial charge in [-0.25, -0.2) is 8.42 Å². The molecule has 0 aliphatic carbocycles. The molecule has 0 aliphatic rings. The lowest BCUT2D eigenvalue weighted by atomic mass is 10.3. The maximum Gasteiger partial charge on any atom is 0.271 e. The molecule has 0 aliphatic heterocycles. The van der Waals surface area contributed by atoms with Gasteiger partial charge < -0.3 is 4.74 Å². The van der Waals surface area contributed by atoms with E-state index in [1.165, 1.54) is 6.07 Å². The van der Waals surface area contributed by atoms with E-state index in [0.29, 0.717) is 29.4 Å². The molecule has 0 saturated heterocycles. The van der Waals surface area contributed by atoms with Crippen molar-refractivity contribution in [3.8, 4) is 5.75 Å². The first-order chi connectivity index (χ1) is 9.03. The van der Waals surface area contributed by atoms with Crippen molar-refractivity contribution in [1.29, 1.82) is 0 Å². The molecule has 0 atom stereocenters. The number of sulfonamides is 1. The van der Waals surface area contributed by atoms with Gasteiger partial charge in [0.2, 0.25) is 0 Å². The third-order valence-electron chi connectivity index (χ3n) is 2.24. The Labute approximate surface area is 114 Å². The molecule has 1 N–H and O–H groups in total. The molecule has 1 aromatic heterocycles. The number of hydrogen-bond donors (Lipinski definition) is 1. The molecule has 0 unspecified atom stereocenters. The normalized spacial score (nSPS) is 11.3. The second-order valence-corrected chi connectivity index (χ2v) is 6.54. The lowest BCUT2D eigenvalue weighted by Crippen LogP contribution is -2.12. The van der Waals surface area contributed by atoms with E-state index in [1.54, 1.807) is 31.2 Å². The number of anilines is 1. The summed E-state index contributed by atoms with van der Waals surface area (Å²) < 4.78 is 44.6. The lowest BCUT2D eigenvalue weighted by molar-refractivity contribution is 0.342. The molecule has 0 spiro atoms. The van der Waals surface area contributed by atoms with Gasteiger partial charge in [-0.2, -0.15) is 4.39 Å². The Morgan fingerprint density at radius 2 is 2.00 bits per heavy atom. The monoisotopic (exact) mass is 301 g/mol. The van der Waals surface area contributed by atoms with E-state index in [-0.39, 0.29) is 4.21 Å². The van der Waals surface area contributed by atoms with E-state index in [0.717, 1.165) is 6.07 Å². The summed E-state index contributed by atoms with van der Waals surface area (Å²) >= 11 is 0.575. The van der Waals surface area contributed by atoms with Crippen molar-refractivity contribution in [3.05, 3.63) is 41.5 Å². The zero-order chi connectivity index (χ0) is 13.9. The van der Waals surface area contributed by atoms with Crippen LogP contribution < -0.4 is 9.46 Å². The van der Waals surface area contributed by atoms with Gasteiger partial charge >= 0.3 is 0 Å². The maximum absolute atomic E-state index is 12.9. The van der Waals surface area contributed by atoms with Gasteiger partial charge in [0.05, 0.1) is 12.3 Å². The number of para-hydroxylation sites is 2. The van der Waals surface area contributed by atoms with Crippen molar-refractivity contribution in [3.63, 3.8) is 0 Å². The maximum atomic E-state index is 12.9. The number of hydrogen-bond acceptors (Lipinski definition) is 4. The number of rotatable bonds is 5. The zero-order valence-corrected chi connectivity index (χ0v) is 11.7. The minimum atomic E-state index is -3.78. The number of benzene rings is 1. The highest BCUT2D eigenvalue weighted by atomic mass is 32.2. The summed E-state index contributed by atoms with van der Waals surface area (Å²) in [7, 11) is -3.78. The molecule has 7 heteroatoms. The van der Waals surface area contributed by atoms with Gasteiger partial charge in [0, 0.05) is 0 Å².